The fourth-order valence-corrected chi connectivity index (χ4v) is 3.82. The van der Waals surface area contributed by atoms with Gasteiger partial charge in [0.15, 0.2) is 0 Å². The summed E-state index contributed by atoms with van der Waals surface area (Å²) in [6.45, 7) is 5.82. The molecule has 2 heterocycles. The molecule has 6 nitrogen and oxygen atoms in total. The number of aromatic nitrogens is 4. The highest BCUT2D eigenvalue weighted by atomic mass is 35.5. The molecule has 0 spiro atoms. The summed E-state index contributed by atoms with van der Waals surface area (Å²) in [6, 6.07) is 7.32. The molecule has 0 radical (unpaired) electrons. The second-order valence-corrected chi connectivity index (χ2v) is 7.92. The number of carboxylic acid groups (broad SMARTS) is 1. The first-order chi connectivity index (χ1) is 13.3. The lowest BCUT2D eigenvalue weighted by atomic mass is 10.2. The minimum atomic E-state index is -1.04. The number of benzene rings is 1. The van der Waals surface area contributed by atoms with Crippen molar-refractivity contribution in [3.05, 3.63) is 62.0 Å². The van der Waals surface area contributed by atoms with Crippen LogP contribution in [-0.4, -0.2) is 30.8 Å². The van der Waals surface area contributed by atoms with Crippen molar-refractivity contribution in [3.8, 4) is 5.69 Å². The van der Waals surface area contributed by atoms with E-state index in [0.717, 1.165) is 34.4 Å². The highest BCUT2D eigenvalue weighted by Crippen LogP contribution is 2.31. The molecule has 2 N–H and O–H groups in total. The molecule has 0 amide bonds. The number of thioether (sulfide) groups is 1. The second-order valence-electron chi connectivity index (χ2n) is 6.09. The summed E-state index contributed by atoms with van der Waals surface area (Å²) in [7, 11) is 0. The Morgan fingerprint density at radius 1 is 1.29 bits per heavy atom. The van der Waals surface area contributed by atoms with Crippen LogP contribution < -0.4 is 0 Å². The third kappa shape index (κ3) is 4.27. The lowest BCUT2D eigenvalue weighted by Crippen LogP contribution is -2.00. The monoisotopic (exact) mass is 436 g/mol. The molecule has 146 valence electrons. The van der Waals surface area contributed by atoms with Crippen LogP contribution in [0.2, 0.25) is 10.0 Å². The van der Waals surface area contributed by atoms with E-state index in [1.54, 1.807) is 18.2 Å². The molecule has 0 bridgehead atoms. The maximum atomic E-state index is 11.7. The lowest BCUT2D eigenvalue weighted by Gasteiger charge is -2.10. The van der Waals surface area contributed by atoms with Gasteiger partial charge in [-0.05, 0) is 61.5 Å². The number of rotatable bonds is 6. The molecule has 3 rings (SSSR count). The van der Waals surface area contributed by atoms with Crippen LogP contribution in [-0.2, 0) is 11.2 Å². The molecule has 0 aliphatic rings. The standard InChI is InChI=1S/C19H18Cl2N4O2S/c1-4-17-22-19(24-23-17)28-16(18(26)27)8-12-7-10(2)25(11(12)3)13-5-6-14(20)15(21)9-13/h5-9H,4H2,1-3H3,(H,26,27)(H,22,23,24)/b16-8-. The van der Waals surface area contributed by atoms with E-state index in [-0.39, 0.29) is 4.91 Å². The van der Waals surface area contributed by atoms with Gasteiger partial charge in [-0.15, -0.1) is 5.10 Å². The molecule has 0 saturated carbocycles. The molecule has 0 atom stereocenters. The summed E-state index contributed by atoms with van der Waals surface area (Å²) in [5.41, 5.74) is 3.48. The zero-order chi connectivity index (χ0) is 20.4. The van der Waals surface area contributed by atoms with E-state index in [1.807, 2.05) is 37.5 Å². The summed E-state index contributed by atoms with van der Waals surface area (Å²) in [6.07, 6.45) is 2.33. The number of aryl methyl sites for hydroxylation is 2. The summed E-state index contributed by atoms with van der Waals surface area (Å²) >= 11 is 13.2. The highest BCUT2D eigenvalue weighted by Gasteiger charge is 2.16. The summed E-state index contributed by atoms with van der Waals surface area (Å²) in [5, 5.41) is 17.8. The van der Waals surface area contributed by atoms with Crippen LogP contribution in [0.5, 0.6) is 0 Å². The molecule has 0 aliphatic carbocycles. The van der Waals surface area contributed by atoms with Crippen LogP contribution in [0.15, 0.2) is 34.3 Å². The van der Waals surface area contributed by atoms with Crippen molar-refractivity contribution in [2.75, 3.05) is 0 Å². The molecule has 1 aromatic carbocycles. The minimum absolute atomic E-state index is 0.135. The van der Waals surface area contributed by atoms with Crippen LogP contribution in [0.1, 0.15) is 29.7 Å². The first kappa shape index (κ1) is 20.5. The number of aliphatic carboxylic acids is 1. The van der Waals surface area contributed by atoms with E-state index in [2.05, 4.69) is 15.2 Å². The van der Waals surface area contributed by atoms with Crippen molar-refractivity contribution < 1.29 is 9.90 Å². The lowest BCUT2D eigenvalue weighted by molar-refractivity contribution is -0.131. The number of aromatic amines is 1. The zero-order valence-electron chi connectivity index (χ0n) is 15.5. The summed E-state index contributed by atoms with van der Waals surface area (Å²) in [4.78, 5) is 16.1. The Labute approximate surface area is 176 Å². The maximum absolute atomic E-state index is 11.7. The molecule has 9 heteroatoms. The largest absolute Gasteiger partial charge is 0.477 e. The normalized spacial score (nSPS) is 11.8. The van der Waals surface area contributed by atoms with Gasteiger partial charge in [-0.3, -0.25) is 5.10 Å². The van der Waals surface area contributed by atoms with E-state index in [9.17, 15) is 9.90 Å². The van der Waals surface area contributed by atoms with Crippen molar-refractivity contribution in [2.24, 2.45) is 0 Å². The zero-order valence-corrected chi connectivity index (χ0v) is 17.8. The molecule has 0 aliphatic heterocycles. The summed E-state index contributed by atoms with van der Waals surface area (Å²) < 4.78 is 2.00. The topological polar surface area (TPSA) is 83.8 Å². The first-order valence-corrected chi connectivity index (χ1v) is 10.1. The molecular weight excluding hydrogens is 419 g/mol. The van der Waals surface area contributed by atoms with Crippen LogP contribution >= 0.6 is 35.0 Å². The molecule has 0 saturated heterocycles. The van der Waals surface area contributed by atoms with Gasteiger partial charge < -0.3 is 9.67 Å². The number of halogens is 2. The number of hydrogen-bond acceptors (Lipinski definition) is 4. The molecule has 0 unspecified atom stereocenters. The Kier molecular flexibility index (Phi) is 6.17. The molecule has 3 aromatic rings. The SMILES string of the molecule is CCc1nc(S/C(=C\c2cc(C)n(-c3ccc(Cl)c(Cl)c3)c2C)C(=O)O)n[nH]1. The van der Waals surface area contributed by atoms with Crippen molar-refractivity contribution in [1.82, 2.24) is 19.7 Å². The Balaban J connectivity index is 1.99. The van der Waals surface area contributed by atoms with E-state index < -0.39 is 5.97 Å². The van der Waals surface area contributed by atoms with E-state index >= 15 is 0 Å². The number of H-pyrrole nitrogens is 1. The quantitative estimate of drug-likeness (QED) is 0.404. The second kappa shape index (κ2) is 8.43. The van der Waals surface area contributed by atoms with Gasteiger partial charge in [-0.2, -0.15) is 0 Å². The Morgan fingerprint density at radius 2 is 2.04 bits per heavy atom. The Bertz CT molecular complexity index is 1070. The van der Waals surface area contributed by atoms with Crippen LogP contribution in [0.4, 0.5) is 0 Å². The number of nitrogens with one attached hydrogen (secondary N) is 1. The van der Waals surface area contributed by atoms with Gasteiger partial charge in [0.05, 0.1) is 10.0 Å². The fourth-order valence-electron chi connectivity index (χ4n) is 2.81. The smallest absolute Gasteiger partial charge is 0.342 e. The van der Waals surface area contributed by atoms with Gasteiger partial charge in [-0.1, -0.05) is 30.1 Å². The Hall–Kier alpha value is -2.22. The predicted molar refractivity (Wildman–Crippen MR) is 112 cm³/mol. The number of carbonyl (C=O) groups is 1. The van der Waals surface area contributed by atoms with Gasteiger partial charge in [0.25, 0.3) is 0 Å². The fraction of sp³-hybridized carbons (Fsp3) is 0.211. The maximum Gasteiger partial charge on any atom is 0.342 e. The average molecular weight is 437 g/mol. The molecule has 0 fully saturated rings. The van der Waals surface area contributed by atoms with Crippen molar-refractivity contribution in [1.29, 1.82) is 0 Å². The van der Waals surface area contributed by atoms with Crippen LogP contribution in [0.3, 0.4) is 0 Å². The van der Waals surface area contributed by atoms with Crippen molar-refractivity contribution >= 4 is 47.0 Å². The Morgan fingerprint density at radius 3 is 2.64 bits per heavy atom. The van der Waals surface area contributed by atoms with Gasteiger partial charge in [0.1, 0.15) is 10.7 Å². The van der Waals surface area contributed by atoms with Crippen molar-refractivity contribution in [2.45, 2.75) is 32.3 Å². The first-order valence-electron chi connectivity index (χ1n) is 8.48. The van der Waals surface area contributed by atoms with Crippen LogP contribution in [0, 0.1) is 13.8 Å². The minimum Gasteiger partial charge on any atom is -0.477 e. The third-order valence-electron chi connectivity index (χ3n) is 4.18. The van der Waals surface area contributed by atoms with Crippen molar-refractivity contribution in [3.63, 3.8) is 0 Å². The van der Waals surface area contributed by atoms with Gasteiger partial charge >= 0.3 is 5.97 Å². The highest BCUT2D eigenvalue weighted by molar-refractivity contribution is 8.04. The third-order valence-corrected chi connectivity index (χ3v) is 5.79. The van der Waals surface area contributed by atoms with E-state index in [1.165, 1.54) is 0 Å². The average Bonchev–Trinajstić information content (AvgIpc) is 3.21. The van der Waals surface area contributed by atoms with Gasteiger partial charge in [0.2, 0.25) is 5.16 Å². The van der Waals surface area contributed by atoms with E-state index in [4.69, 9.17) is 23.2 Å². The van der Waals surface area contributed by atoms with Gasteiger partial charge in [0, 0.05) is 23.5 Å². The summed E-state index contributed by atoms with van der Waals surface area (Å²) in [5.74, 6) is -0.322. The predicted octanol–water partition coefficient (Wildman–Crippen LogP) is 5.30. The van der Waals surface area contributed by atoms with Gasteiger partial charge in [-0.25, -0.2) is 9.78 Å². The molecule has 2 aromatic heterocycles. The number of carboxylic acids is 1. The molecule has 28 heavy (non-hydrogen) atoms. The molecular formula is C19H18Cl2N4O2S. The van der Waals surface area contributed by atoms with Crippen LogP contribution in [0.25, 0.3) is 11.8 Å². The number of hydrogen-bond donors (Lipinski definition) is 2. The van der Waals surface area contributed by atoms with E-state index in [0.29, 0.717) is 27.4 Å². The number of nitrogens with zero attached hydrogens (tertiary/aromatic N) is 3.